The van der Waals surface area contributed by atoms with Crippen molar-refractivity contribution in [3.05, 3.63) is 41.6 Å². The molecule has 1 atom stereocenters. The molecule has 0 aliphatic rings. The second-order valence-electron chi connectivity index (χ2n) is 7.05. The van der Waals surface area contributed by atoms with Crippen LogP contribution in [0.15, 0.2) is 30.5 Å². The molecule has 0 unspecified atom stereocenters. The van der Waals surface area contributed by atoms with Gasteiger partial charge in [-0.15, -0.1) is 0 Å². The van der Waals surface area contributed by atoms with E-state index >= 15 is 0 Å². The second-order valence-corrected chi connectivity index (χ2v) is 7.05. The van der Waals surface area contributed by atoms with Crippen molar-refractivity contribution in [2.24, 2.45) is 5.92 Å². The van der Waals surface area contributed by atoms with Gasteiger partial charge in [-0.3, -0.25) is 9.59 Å². The normalized spacial score (nSPS) is 12.1. The summed E-state index contributed by atoms with van der Waals surface area (Å²) in [6, 6.07) is 7.29. The predicted octanol–water partition coefficient (Wildman–Crippen LogP) is 4.40. The smallest absolute Gasteiger partial charge is 0.256 e. The van der Waals surface area contributed by atoms with Crippen LogP contribution in [0.3, 0.4) is 0 Å². The Labute approximate surface area is 155 Å². The van der Waals surface area contributed by atoms with Crippen molar-refractivity contribution < 1.29 is 9.59 Å². The van der Waals surface area contributed by atoms with Gasteiger partial charge >= 0.3 is 0 Å². The Morgan fingerprint density at radius 3 is 2.54 bits per heavy atom. The van der Waals surface area contributed by atoms with E-state index in [1.165, 1.54) is 0 Å². The van der Waals surface area contributed by atoms with E-state index in [0.29, 0.717) is 23.5 Å². The first-order valence-corrected chi connectivity index (χ1v) is 9.07. The van der Waals surface area contributed by atoms with Crippen LogP contribution in [0.4, 0.5) is 11.5 Å². The summed E-state index contributed by atoms with van der Waals surface area (Å²) in [6.07, 6.45) is 3.04. The van der Waals surface area contributed by atoms with Crippen LogP contribution in [-0.4, -0.2) is 21.6 Å². The number of benzene rings is 1. The molecule has 26 heavy (non-hydrogen) atoms. The third-order valence-corrected chi connectivity index (χ3v) is 4.29. The topological polar surface area (TPSA) is 76.0 Å². The number of aryl methyl sites for hydroxylation is 1. The summed E-state index contributed by atoms with van der Waals surface area (Å²) in [5, 5.41) is 10.1. The molecule has 1 aromatic heterocycles. The molecule has 0 saturated heterocycles. The van der Waals surface area contributed by atoms with Gasteiger partial charge < -0.3 is 10.6 Å². The van der Waals surface area contributed by atoms with Crippen LogP contribution < -0.4 is 10.6 Å². The Morgan fingerprint density at radius 1 is 1.15 bits per heavy atom. The summed E-state index contributed by atoms with van der Waals surface area (Å²) in [5.41, 5.74) is 2.08. The fourth-order valence-corrected chi connectivity index (χ4v) is 2.60. The molecule has 2 N–H and O–H groups in total. The Morgan fingerprint density at radius 2 is 1.88 bits per heavy atom. The second kappa shape index (κ2) is 8.65. The molecule has 1 heterocycles. The SMILES string of the molecule is CC[C@@H](C)n1nccc1NC(=O)c1ccc(C)c(NC(=O)CC(C)C)c1. The van der Waals surface area contributed by atoms with Crippen LogP contribution >= 0.6 is 0 Å². The van der Waals surface area contributed by atoms with E-state index in [0.717, 1.165) is 12.0 Å². The molecular weight excluding hydrogens is 328 g/mol. The largest absolute Gasteiger partial charge is 0.326 e. The molecule has 2 rings (SSSR count). The van der Waals surface area contributed by atoms with Crippen molar-refractivity contribution in [2.45, 2.75) is 53.5 Å². The fraction of sp³-hybridized carbons (Fsp3) is 0.450. The molecule has 0 fully saturated rings. The minimum absolute atomic E-state index is 0.0458. The quantitative estimate of drug-likeness (QED) is 0.772. The van der Waals surface area contributed by atoms with Crippen molar-refractivity contribution in [1.82, 2.24) is 9.78 Å². The molecule has 1 aromatic carbocycles. The van der Waals surface area contributed by atoms with E-state index in [1.54, 1.807) is 29.1 Å². The number of hydrogen-bond acceptors (Lipinski definition) is 3. The minimum atomic E-state index is -0.227. The van der Waals surface area contributed by atoms with Crippen LogP contribution in [0, 0.1) is 12.8 Å². The van der Waals surface area contributed by atoms with Gasteiger partial charge in [0.2, 0.25) is 5.91 Å². The lowest BCUT2D eigenvalue weighted by Gasteiger charge is -2.15. The molecule has 0 aliphatic heterocycles. The summed E-state index contributed by atoms with van der Waals surface area (Å²) < 4.78 is 1.80. The third kappa shape index (κ3) is 4.94. The number of amides is 2. The standard InChI is InChI=1S/C20H28N4O2/c1-6-15(5)24-18(9-10-21-24)23-20(26)16-8-7-14(4)17(12-16)22-19(25)11-13(2)3/h7-10,12-13,15H,6,11H2,1-5H3,(H,22,25)(H,23,26)/t15-/m1/s1. The van der Waals surface area contributed by atoms with Gasteiger partial charge in [-0.25, -0.2) is 4.68 Å². The van der Waals surface area contributed by atoms with Gasteiger partial charge in [0, 0.05) is 23.7 Å². The van der Waals surface area contributed by atoms with Crippen molar-refractivity contribution in [3.8, 4) is 0 Å². The molecule has 2 amide bonds. The first-order chi connectivity index (χ1) is 12.3. The number of aromatic nitrogens is 2. The number of carbonyl (C=O) groups is 2. The highest BCUT2D eigenvalue weighted by Gasteiger charge is 2.14. The summed E-state index contributed by atoms with van der Waals surface area (Å²) >= 11 is 0. The number of hydrogen-bond donors (Lipinski definition) is 2. The number of nitrogens with zero attached hydrogens (tertiary/aromatic N) is 2. The van der Waals surface area contributed by atoms with Crippen LogP contribution in [0.5, 0.6) is 0 Å². The lowest BCUT2D eigenvalue weighted by Crippen LogP contribution is -2.18. The average Bonchev–Trinajstić information content (AvgIpc) is 3.03. The Balaban J connectivity index is 2.16. The lowest BCUT2D eigenvalue weighted by atomic mass is 10.1. The number of carbonyl (C=O) groups excluding carboxylic acids is 2. The number of rotatable bonds is 7. The summed E-state index contributed by atoms with van der Waals surface area (Å²) in [7, 11) is 0. The summed E-state index contributed by atoms with van der Waals surface area (Å²) in [5.74, 6) is 0.669. The zero-order valence-corrected chi connectivity index (χ0v) is 16.2. The predicted molar refractivity (Wildman–Crippen MR) is 104 cm³/mol. The monoisotopic (exact) mass is 356 g/mol. The van der Waals surface area contributed by atoms with Crippen molar-refractivity contribution >= 4 is 23.3 Å². The molecule has 0 aliphatic carbocycles. The van der Waals surface area contributed by atoms with E-state index in [4.69, 9.17) is 0 Å². The van der Waals surface area contributed by atoms with Gasteiger partial charge in [0.25, 0.3) is 5.91 Å². The van der Waals surface area contributed by atoms with E-state index < -0.39 is 0 Å². The maximum absolute atomic E-state index is 12.6. The molecule has 140 valence electrons. The Bertz CT molecular complexity index is 780. The molecule has 0 radical (unpaired) electrons. The molecule has 0 spiro atoms. The summed E-state index contributed by atoms with van der Waals surface area (Å²) in [6.45, 7) is 10.0. The van der Waals surface area contributed by atoms with E-state index in [1.807, 2.05) is 26.8 Å². The van der Waals surface area contributed by atoms with Crippen molar-refractivity contribution in [2.75, 3.05) is 10.6 Å². The van der Waals surface area contributed by atoms with Crippen LogP contribution in [-0.2, 0) is 4.79 Å². The van der Waals surface area contributed by atoms with Crippen LogP contribution in [0.1, 0.15) is 62.5 Å². The van der Waals surface area contributed by atoms with E-state index in [9.17, 15) is 9.59 Å². The third-order valence-electron chi connectivity index (χ3n) is 4.29. The highest BCUT2D eigenvalue weighted by Crippen LogP contribution is 2.20. The molecule has 0 bridgehead atoms. The Hall–Kier alpha value is -2.63. The molecule has 6 heteroatoms. The fourth-order valence-electron chi connectivity index (χ4n) is 2.60. The molecule has 6 nitrogen and oxygen atoms in total. The highest BCUT2D eigenvalue weighted by atomic mass is 16.2. The highest BCUT2D eigenvalue weighted by molar-refractivity contribution is 6.05. The lowest BCUT2D eigenvalue weighted by molar-refractivity contribution is -0.116. The maximum atomic E-state index is 12.6. The zero-order chi connectivity index (χ0) is 19.3. The summed E-state index contributed by atoms with van der Waals surface area (Å²) in [4.78, 5) is 24.7. The average molecular weight is 356 g/mol. The maximum Gasteiger partial charge on any atom is 0.256 e. The van der Waals surface area contributed by atoms with Crippen molar-refractivity contribution in [1.29, 1.82) is 0 Å². The van der Waals surface area contributed by atoms with Gasteiger partial charge in [0.05, 0.1) is 12.2 Å². The van der Waals surface area contributed by atoms with E-state index in [2.05, 4.69) is 29.6 Å². The van der Waals surface area contributed by atoms with Gasteiger partial charge in [-0.05, 0) is 43.9 Å². The number of nitrogens with one attached hydrogen (secondary N) is 2. The minimum Gasteiger partial charge on any atom is -0.326 e. The Kier molecular flexibility index (Phi) is 6.55. The molecule has 0 saturated carbocycles. The molecular formula is C20H28N4O2. The van der Waals surface area contributed by atoms with Crippen LogP contribution in [0.2, 0.25) is 0 Å². The van der Waals surface area contributed by atoms with Gasteiger partial charge in [-0.2, -0.15) is 5.10 Å². The van der Waals surface area contributed by atoms with Crippen molar-refractivity contribution in [3.63, 3.8) is 0 Å². The molecule has 2 aromatic rings. The first-order valence-electron chi connectivity index (χ1n) is 9.07. The first kappa shape index (κ1) is 19.7. The number of anilines is 2. The van der Waals surface area contributed by atoms with E-state index in [-0.39, 0.29) is 23.8 Å². The van der Waals surface area contributed by atoms with Crippen LogP contribution in [0.25, 0.3) is 0 Å². The zero-order valence-electron chi connectivity index (χ0n) is 16.2. The van der Waals surface area contributed by atoms with Gasteiger partial charge in [0.15, 0.2) is 0 Å². The van der Waals surface area contributed by atoms with Gasteiger partial charge in [-0.1, -0.05) is 26.8 Å². The van der Waals surface area contributed by atoms with Gasteiger partial charge in [0.1, 0.15) is 5.82 Å².